The van der Waals surface area contributed by atoms with Crippen molar-refractivity contribution in [3.05, 3.63) is 0 Å². The van der Waals surface area contributed by atoms with Crippen molar-refractivity contribution in [2.24, 2.45) is 0 Å². The zero-order chi connectivity index (χ0) is 8.10. The van der Waals surface area contributed by atoms with Crippen molar-refractivity contribution < 1.29 is 4.79 Å². The van der Waals surface area contributed by atoms with Crippen LogP contribution >= 0.6 is 0 Å². The summed E-state index contributed by atoms with van der Waals surface area (Å²) in [6.45, 7) is 4.21. The van der Waals surface area contributed by atoms with Gasteiger partial charge in [-0.15, -0.1) is 0 Å². The van der Waals surface area contributed by atoms with Crippen LogP contribution in [-0.2, 0) is 4.79 Å². The topological polar surface area (TPSA) is 32.3 Å². The third-order valence-electron chi connectivity index (χ3n) is 2.21. The first kappa shape index (κ1) is 8.53. The van der Waals surface area contributed by atoms with E-state index in [1.807, 2.05) is 6.92 Å². The summed E-state index contributed by atoms with van der Waals surface area (Å²) < 4.78 is 0. The molecule has 0 aromatic carbocycles. The molecule has 11 heavy (non-hydrogen) atoms. The summed E-state index contributed by atoms with van der Waals surface area (Å²) in [7, 11) is 0. The molecule has 0 spiro atoms. The minimum Gasteiger partial charge on any atom is -0.333 e. The first-order valence-electron chi connectivity index (χ1n) is 4.21. The van der Waals surface area contributed by atoms with Crippen molar-refractivity contribution in [2.75, 3.05) is 13.1 Å². The average Bonchev–Trinajstić information content (AvgIpc) is 2.07. The molecule has 3 heteroatoms. The molecule has 1 saturated heterocycles. The van der Waals surface area contributed by atoms with Gasteiger partial charge in [-0.25, -0.2) is 0 Å². The molecule has 0 aromatic heterocycles. The number of carbonyl (C=O) groups excluding carboxylic acids is 1. The molecule has 0 saturated carbocycles. The minimum atomic E-state index is 0.160. The predicted octanol–water partition coefficient (Wildman–Crippen LogP) is 0.475. The zero-order valence-electron chi connectivity index (χ0n) is 6.97. The van der Waals surface area contributed by atoms with Gasteiger partial charge in [0.25, 0.3) is 0 Å². The average molecular weight is 155 g/mol. The van der Waals surface area contributed by atoms with Crippen LogP contribution in [0, 0.1) is 0 Å². The Hall–Kier alpha value is -0.570. The zero-order valence-corrected chi connectivity index (χ0v) is 6.97. The standard InChI is InChI=1S/C8H15N2O/c1-8(9-7-11)10-5-3-2-4-6-10/h8H,2-6H2,1H3,(H,9,11). The molecule has 1 aliphatic rings. The Bertz CT molecular complexity index is 121. The molecule has 1 radical (unpaired) electrons. The molecule has 0 aliphatic carbocycles. The molecule has 1 N–H and O–H groups in total. The summed E-state index contributed by atoms with van der Waals surface area (Å²) in [6.07, 6.45) is 5.72. The second-order valence-electron chi connectivity index (χ2n) is 3.02. The van der Waals surface area contributed by atoms with Crippen LogP contribution in [0.3, 0.4) is 0 Å². The maximum absolute atomic E-state index is 10.00. The van der Waals surface area contributed by atoms with Crippen molar-refractivity contribution in [1.82, 2.24) is 10.2 Å². The summed E-state index contributed by atoms with van der Waals surface area (Å²) in [5, 5.41) is 2.64. The molecular formula is C8H15N2O. The van der Waals surface area contributed by atoms with Crippen LogP contribution in [0.4, 0.5) is 0 Å². The Balaban J connectivity index is 2.26. The molecule has 0 bridgehead atoms. The van der Waals surface area contributed by atoms with Gasteiger partial charge in [0.1, 0.15) is 0 Å². The Morgan fingerprint density at radius 3 is 2.55 bits per heavy atom. The fourth-order valence-corrected chi connectivity index (χ4v) is 1.48. The lowest BCUT2D eigenvalue weighted by Gasteiger charge is -2.31. The van der Waals surface area contributed by atoms with Crippen LogP contribution < -0.4 is 5.32 Å². The summed E-state index contributed by atoms with van der Waals surface area (Å²) in [5.41, 5.74) is 0. The predicted molar refractivity (Wildman–Crippen MR) is 43.7 cm³/mol. The Labute approximate surface area is 67.8 Å². The van der Waals surface area contributed by atoms with Gasteiger partial charge in [-0.1, -0.05) is 6.42 Å². The highest BCUT2D eigenvalue weighted by molar-refractivity contribution is 5.47. The van der Waals surface area contributed by atoms with Gasteiger partial charge < -0.3 is 5.32 Å². The van der Waals surface area contributed by atoms with Gasteiger partial charge in [0.15, 0.2) is 0 Å². The van der Waals surface area contributed by atoms with Gasteiger partial charge in [0.2, 0.25) is 0 Å². The molecule has 1 amide bonds. The first-order valence-corrected chi connectivity index (χ1v) is 4.21. The van der Waals surface area contributed by atoms with Gasteiger partial charge >= 0.3 is 6.41 Å². The lowest BCUT2D eigenvalue weighted by atomic mass is 10.1. The Kier molecular flexibility index (Phi) is 3.36. The van der Waals surface area contributed by atoms with E-state index in [1.165, 1.54) is 19.3 Å². The summed E-state index contributed by atoms with van der Waals surface area (Å²) >= 11 is 0. The van der Waals surface area contributed by atoms with E-state index >= 15 is 0 Å². The van der Waals surface area contributed by atoms with Gasteiger partial charge in [-0.3, -0.25) is 9.69 Å². The largest absolute Gasteiger partial charge is 0.333 e. The number of likely N-dealkylation sites (tertiary alicyclic amines) is 1. The monoisotopic (exact) mass is 155 g/mol. The van der Waals surface area contributed by atoms with Crippen molar-refractivity contribution in [2.45, 2.75) is 32.4 Å². The summed E-state index contributed by atoms with van der Waals surface area (Å²) in [4.78, 5) is 12.3. The molecule has 1 unspecified atom stereocenters. The lowest BCUT2D eigenvalue weighted by molar-refractivity contribution is 0.162. The van der Waals surface area contributed by atoms with Crippen LogP contribution in [0.15, 0.2) is 0 Å². The van der Waals surface area contributed by atoms with Crippen LogP contribution in [0.2, 0.25) is 0 Å². The fraction of sp³-hybridized carbons (Fsp3) is 0.875. The molecule has 1 heterocycles. The summed E-state index contributed by atoms with van der Waals surface area (Å²) in [5.74, 6) is 0. The van der Waals surface area contributed by atoms with Gasteiger partial charge in [0, 0.05) is 13.1 Å². The fourth-order valence-electron chi connectivity index (χ4n) is 1.48. The third kappa shape index (κ3) is 2.50. The van der Waals surface area contributed by atoms with Crippen molar-refractivity contribution in [3.63, 3.8) is 0 Å². The first-order chi connectivity index (χ1) is 5.34. The molecule has 0 aromatic rings. The van der Waals surface area contributed by atoms with E-state index in [2.05, 4.69) is 10.2 Å². The second kappa shape index (κ2) is 4.34. The van der Waals surface area contributed by atoms with Crippen molar-refractivity contribution in [3.8, 4) is 0 Å². The SMILES string of the molecule is CC(N[C]=O)N1CCCCC1. The van der Waals surface area contributed by atoms with E-state index in [0.29, 0.717) is 0 Å². The number of piperidine rings is 1. The van der Waals surface area contributed by atoms with E-state index in [4.69, 9.17) is 0 Å². The number of amides is 1. The normalized spacial score (nSPS) is 22.6. The number of rotatable bonds is 3. The Morgan fingerprint density at radius 1 is 1.36 bits per heavy atom. The van der Waals surface area contributed by atoms with Crippen molar-refractivity contribution >= 4 is 6.41 Å². The third-order valence-corrected chi connectivity index (χ3v) is 2.21. The van der Waals surface area contributed by atoms with Crippen LogP contribution in [0.1, 0.15) is 26.2 Å². The lowest BCUT2D eigenvalue weighted by Crippen LogP contribution is -2.45. The highest BCUT2D eigenvalue weighted by Crippen LogP contribution is 2.09. The minimum absolute atomic E-state index is 0.160. The van der Waals surface area contributed by atoms with E-state index in [0.717, 1.165) is 13.1 Å². The molecule has 63 valence electrons. The molecule has 1 aliphatic heterocycles. The maximum Gasteiger partial charge on any atom is 0.310 e. The maximum atomic E-state index is 10.00. The van der Waals surface area contributed by atoms with Gasteiger partial charge in [0.05, 0.1) is 6.17 Å². The molecule has 1 rings (SSSR count). The second-order valence-corrected chi connectivity index (χ2v) is 3.02. The molecular weight excluding hydrogens is 140 g/mol. The number of nitrogens with zero attached hydrogens (tertiary/aromatic N) is 1. The van der Waals surface area contributed by atoms with E-state index < -0.39 is 0 Å². The van der Waals surface area contributed by atoms with E-state index in [1.54, 1.807) is 6.41 Å². The molecule has 3 nitrogen and oxygen atoms in total. The quantitative estimate of drug-likeness (QED) is 0.601. The smallest absolute Gasteiger partial charge is 0.310 e. The van der Waals surface area contributed by atoms with E-state index in [-0.39, 0.29) is 6.17 Å². The van der Waals surface area contributed by atoms with Crippen molar-refractivity contribution in [1.29, 1.82) is 0 Å². The van der Waals surface area contributed by atoms with Gasteiger partial charge in [-0.05, 0) is 19.8 Å². The van der Waals surface area contributed by atoms with E-state index in [9.17, 15) is 4.79 Å². The van der Waals surface area contributed by atoms with Crippen LogP contribution in [0.5, 0.6) is 0 Å². The molecule has 1 fully saturated rings. The number of hydrogen-bond donors (Lipinski definition) is 1. The number of nitrogens with one attached hydrogen (secondary N) is 1. The number of hydrogen-bond acceptors (Lipinski definition) is 2. The molecule has 1 atom stereocenters. The van der Waals surface area contributed by atoms with Gasteiger partial charge in [-0.2, -0.15) is 0 Å². The van der Waals surface area contributed by atoms with Crippen LogP contribution in [-0.4, -0.2) is 30.6 Å². The highest BCUT2D eigenvalue weighted by atomic mass is 16.1. The van der Waals surface area contributed by atoms with Crippen LogP contribution in [0.25, 0.3) is 0 Å². The summed E-state index contributed by atoms with van der Waals surface area (Å²) in [6, 6.07) is 0. The highest BCUT2D eigenvalue weighted by Gasteiger charge is 2.15. The Morgan fingerprint density at radius 2 is 2.00 bits per heavy atom.